The molecule has 0 radical (unpaired) electrons. The molecule has 0 bridgehead atoms. The smallest absolute Gasteiger partial charge is 0.157 e. The minimum atomic E-state index is -0.157. The summed E-state index contributed by atoms with van der Waals surface area (Å²) in [5.41, 5.74) is 18.9. The topological polar surface area (TPSA) is 153 Å². The van der Waals surface area contributed by atoms with Gasteiger partial charge in [-0.05, 0) is 109 Å². The third kappa shape index (κ3) is 8.71. The number of nitrogens with one attached hydrogen (secondary N) is 2. The molecule has 46 heavy (non-hydrogen) atoms. The van der Waals surface area contributed by atoms with Crippen molar-refractivity contribution in [1.29, 1.82) is 10.7 Å². The third-order valence-electron chi connectivity index (χ3n) is 8.94. The summed E-state index contributed by atoms with van der Waals surface area (Å²) in [4.78, 5) is 18.2. The second kappa shape index (κ2) is 16.1. The predicted octanol–water partition coefficient (Wildman–Crippen LogP) is 7.18. The molecular weight excluding hydrogens is 591 g/mol. The predicted molar refractivity (Wildman–Crippen MR) is 193 cm³/mol. The number of nitrogen functional groups attached to an aromatic ring is 1. The van der Waals surface area contributed by atoms with Crippen LogP contribution in [-0.4, -0.2) is 52.5 Å². The van der Waals surface area contributed by atoms with E-state index in [2.05, 4.69) is 50.7 Å². The first-order valence-electron chi connectivity index (χ1n) is 16.6. The summed E-state index contributed by atoms with van der Waals surface area (Å²) in [7, 11) is 2.20. The number of allylic oxidation sites excluding steroid dienone is 3. The molecule has 1 fully saturated rings. The van der Waals surface area contributed by atoms with Gasteiger partial charge in [0.25, 0.3) is 0 Å². The van der Waals surface area contributed by atoms with Gasteiger partial charge in [-0.3, -0.25) is 0 Å². The van der Waals surface area contributed by atoms with Crippen LogP contribution in [0.25, 0.3) is 5.57 Å². The Morgan fingerprint density at radius 2 is 2.11 bits per heavy atom. The number of anilines is 1. The van der Waals surface area contributed by atoms with Crippen molar-refractivity contribution in [2.45, 2.75) is 110 Å². The Morgan fingerprint density at radius 1 is 1.33 bits per heavy atom. The summed E-state index contributed by atoms with van der Waals surface area (Å²) >= 11 is 1.50. The van der Waals surface area contributed by atoms with Gasteiger partial charge in [-0.25, -0.2) is 15.0 Å². The van der Waals surface area contributed by atoms with Crippen LogP contribution in [0.4, 0.5) is 10.8 Å². The van der Waals surface area contributed by atoms with Crippen LogP contribution in [0.1, 0.15) is 113 Å². The van der Waals surface area contributed by atoms with Gasteiger partial charge in [0.1, 0.15) is 11.1 Å². The molecule has 1 aliphatic carbocycles. The van der Waals surface area contributed by atoms with Crippen molar-refractivity contribution in [2.75, 3.05) is 19.3 Å². The van der Waals surface area contributed by atoms with Gasteiger partial charge in [-0.15, -0.1) is 11.3 Å². The average Bonchev–Trinajstić information content (AvgIpc) is 3.58. The lowest BCUT2D eigenvalue weighted by molar-refractivity contribution is 0.296. The van der Waals surface area contributed by atoms with Gasteiger partial charge in [-0.1, -0.05) is 19.9 Å². The highest BCUT2D eigenvalue weighted by Gasteiger charge is 2.32. The number of likely N-dealkylation sites (tertiary alicyclic amines) is 1. The van der Waals surface area contributed by atoms with E-state index in [-0.39, 0.29) is 5.92 Å². The van der Waals surface area contributed by atoms with Crippen molar-refractivity contribution >= 4 is 39.7 Å². The van der Waals surface area contributed by atoms with E-state index in [1.54, 1.807) is 12.3 Å². The number of nitrogens with zero attached hydrogens (tertiary/aromatic N) is 5. The SMILES string of the molecule is C=C(C/C(N)=C/C=Nc1cc(CC[C@@H]2CCCN2C)nc(/C(C)=C(\CCC)C(=N)[C@H]2CCCc3sc(N)c(C#N)c32)n1)NC(C)C. The highest BCUT2D eigenvalue weighted by atomic mass is 32.1. The number of hydrogen-bond donors (Lipinski definition) is 4. The Balaban J connectivity index is 1.69. The molecule has 0 aromatic carbocycles. The quantitative estimate of drug-likeness (QED) is 0.159. The lowest BCUT2D eigenvalue weighted by Crippen LogP contribution is -2.25. The molecule has 2 aliphatic rings. The molecule has 1 saturated heterocycles. The number of aliphatic imine (C=N–C) groups is 1. The highest BCUT2D eigenvalue weighted by Crippen LogP contribution is 2.44. The number of thiophene rings is 1. The highest BCUT2D eigenvalue weighted by molar-refractivity contribution is 7.16. The summed E-state index contributed by atoms with van der Waals surface area (Å²) in [6.45, 7) is 13.5. The lowest BCUT2D eigenvalue weighted by Gasteiger charge is -2.26. The Kier molecular flexibility index (Phi) is 12.3. The maximum atomic E-state index is 9.92. The van der Waals surface area contributed by atoms with Gasteiger partial charge in [0.15, 0.2) is 11.6 Å². The van der Waals surface area contributed by atoms with Gasteiger partial charge in [-0.2, -0.15) is 5.26 Å². The molecule has 2 aromatic heterocycles. The number of aryl methyl sites for hydroxylation is 2. The van der Waals surface area contributed by atoms with E-state index in [0.717, 1.165) is 84.5 Å². The van der Waals surface area contributed by atoms with E-state index in [0.29, 0.717) is 52.1 Å². The summed E-state index contributed by atoms with van der Waals surface area (Å²) < 4.78 is 0. The van der Waals surface area contributed by atoms with Gasteiger partial charge < -0.3 is 27.1 Å². The lowest BCUT2D eigenvalue weighted by atomic mass is 9.78. The summed E-state index contributed by atoms with van der Waals surface area (Å²) in [6, 6.07) is 5.14. The zero-order chi connectivity index (χ0) is 33.4. The molecule has 2 atom stereocenters. The number of fused-ring (bicyclic) bond motifs is 1. The van der Waals surface area contributed by atoms with Crippen LogP contribution in [0.3, 0.4) is 0 Å². The number of aromatic nitrogens is 2. The van der Waals surface area contributed by atoms with Gasteiger partial charge in [0.2, 0.25) is 0 Å². The largest absolute Gasteiger partial charge is 0.402 e. The number of nitrogens with two attached hydrogens (primary N) is 2. The standard InChI is InChI=1S/C36H51N9S/c1-7-10-28(34(39)29-12-8-13-31-33(29)30(21-37)35(40)46-31)24(5)36-43-26(14-15-27-11-9-18-45(27)6)20-32(44-36)41-17-16-25(38)19-23(4)42-22(2)3/h16-17,20,22,27,29,39,42H,4,7-15,18-19,38,40H2,1-3,5-6H3/b25-16-,28-24+,39-34?,41-17?/t27-,29-/m0/s1. The molecule has 4 rings (SSSR count). The Hall–Kier alpha value is -3.81. The first kappa shape index (κ1) is 35.1. The average molecular weight is 642 g/mol. The van der Waals surface area contributed by atoms with Gasteiger partial charge in [0.05, 0.1) is 5.56 Å². The molecule has 0 unspecified atom stereocenters. The van der Waals surface area contributed by atoms with E-state index in [9.17, 15) is 10.7 Å². The van der Waals surface area contributed by atoms with E-state index in [4.69, 9.17) is 26.4 Å². The van der Waals surface area contributed by atoms with Gasteiger partial charge in [0, 0.05) is 64.4 Å². The van der Waals surface area contributed by atoms with Crippen molar-refractivity contribution < 1.29 is 0 Å². The number of rotatable bonds is 14. The third-order valence-corrected chi connectivity index (χ3v) is 10.0. The molecule has 10 heteroatoms. The molecule has 2 aromatic rings. The summed E-state index contributed by atoms with van der Waals surface area (Å²) in [5, 5.41) is 23.3. The molecule has 9 nitrogen and oxygen atoms in total. The zero-order valence-electron chi connectivity index (χ0n) is 28.2. The minimum Gasteiger partial charge on any atom is -0.402 e. The molecule has 0 amide bonds. The first-order valence-corrected chi connectivity index (χ1v) is 17.4. The minimum absolute atomic E-state index is 0.157. The van der Waals surface area contributed by atoms with Crippen molar-refractivity contribution in [3.05, 3.63) is 63.2 Å². The fraction of sp³-hybridized carbons (Fsp3) is 0.528. The molecule has 1 aliphatic heterocycles. The van der Waals surface area contributed by atoms with E-state index < -0.39 is 0 Å². The van der Waals surface area contributed by atoms with Crippen LogP contribution < -0.4 is 16.8 Å². The van der Waals surface area contributed by atoms with E-state index in [1.807, 2.05) is 13.0 Å². The Morgan fingerprint density at radius 3 is 2.78 bits per heavy atom. The van der Waals surface area contributed by atoms with Crippen molar-refractivity contribution in [3.63, 3.8) is 0 Å². The normalized spacial score (nSPS) is 19.3. The molecule has 0 saturated carbocycles. The maximum absolute atomic E-state index is 9.92. The zero-order valence-corrected chi connectivity index (χ0v) is 29.1. The van der Waals surface area contributed by atoms with Crippen LogP contribution in [-0.2, 0) is 12.8 Å². The monoisotopic (exact) mass is 641 g/mol. The van der Waals surface area contributed by atoms with Crippen molar-refractivity contribution in [2.24, 2.45) is 10.7 Å². The first-order chi connectivity index (χ1) is 22.0. The molecule has 246 valence electrons. The second-order valence-electron chi connectivity index (χ2n) is 13.0. The van der Waals surface area contributed by atoms with Crippen LogP contribution in [0.2, 0.25) is 0 Å². The van der Waals surface area contributed by atoms with Crippen LogP contribution in [0.5, 0.6) is 0 Å². The fourth-order valence-electron chi connectivity index (χ4n) is 6.68. The number of nitriles is 1. The van der Waals surface area contributed by atoms with Crippen molar-refractivity contribution in [1.82, 2.24) is 20.2 Å². The Labute approximate surface area is 279 Å². The van der Waals surface area contributed by atoms with Crippen molar-refractivity contribution in [3.8, 4) is 6.07 Å². The van der Waals surface area contributed by atoms with Crippen LogP contribution in [0.15, 0.2) is 40.7 Å². The van der Waals surface area contributed by atoms with Crippen LogP contribution >= 0.6 is 11.3 Å². The number of hydrogen-bond acceptors (Lipinski definition) is 10. The molecule has 6 N–H and O–H groups in total. The fourth-order valence-corrected chi connectivity index (χ4v) is 7.80. The van der Waals surface area contributed by atoms with E-state index in [1.165, 1.54) is 24.2 Å². The maximum Gasteiger partial charge on any atom is 0.157 e. The van der Waals surface area contributed by atoms with Crippen LogP contribution in [0, 0.1) is 16.7 Å². The van der Waals surface area contributed by atoms with Gasteiger partial charge >= 0.3 is 0 Å². The summed E-state index contributed by atoms with van der Waals surface area (Å²) in [6.07, 6.45) is 12.6. The molecular formula is C36H51N9S. The van der Waals surface area contributed by atoms with E-state index >= 15 is 0 Å². The molecule has 3 heterocycles. The summed E-state index contributed by atoms with van der Waals surface area (Å²) in [5.74, 6) is 1.02. The Bertz CT molecular complexity index is 1560. The second-order valence-corrected chi connectivity index (χ2v) is 14.1. The molecule has 0 spiro atoms.